The summed E-state index contributed by atoms with van der Waals surface area (Å²) < 4.78 is 7.69. The average molecular weight is 279 g/mol. The molecule has 0 aromatic carbocycles. The van der Waals surface area contributed by atoms with Crippen LogP contribution in [0.3, 0.4) is 0 Å². The number of aromatic nitrogens is 2. The SMILES string of the molecule is C=NC1C2=C(C=C(C)C1c1ccn3nccc3c1)CCO2. The minimum Gasteiger partial charge on any atom is -0.495 e. The first-order valence-electron chi connectivity index (χ1n) is 7.21. The van der Waals surface area contributed by atoms with E-state index in [1.165, 1.54) is 16.7 Å². The van der Waals surface area contributed by atoms with Crippen LogP contribution in [0.25, 0.3) is 5.52 Å². The van der Waals surface area contributed by atoms with Crippen LogP contribution in [-0.4, -0.2) is 29.0 Å². The number of rotatable bonds is 2. The lowest BCUT2D eigenvalue weighted by atomic mass is 9.80. The van der Waals surface area contributed by atoms with Gasteiger partial charge in [0, 0.05) is 24.7 Å². The van der Waals surface area contributed by atoms with Gasteiger partial charge in [0.2, 0.25) is 0 Å². The maximum atomic E-state index is 5.82. The molecule has 2 aromatic heterocycles. The maximum absolute atomic E-state index is 5.82. The Hall–Kier alpha value is -2.36. The van der Waals surface area contributed by atoms with E-state index in [0.29, 0.717) is 0 Å². The second-order valence-corrected chi connectivity index (χ2v) is 5.64. The monoisotopic (exact) mass is 279 g/mol. The van der Waals surface area contributed by atoms with Crippen molar-refractivity contribution in [3.63, 3.8) is 0 Å². The quantitative estimate of drug-likeness (QED) is 0.792. The highest BCUT2D eigenvalue weighted by molar-refractivity contribution is 5.53. The van der Waals surface area contributed by atoms with E-state index < -0.39 is 0 Å². The van der Waals surface area contributed by atoms with Crippen LogP contribution in [-0.2, 0) is 4.74 Å². The Bertz CT molecular complexity index is 784. The minimum atomic E-state index is -0.0159. The summed E-state index contributed by atoms with van der Waals surface area (Å²) in [5.74, 6) is 1.20. The van der Waals surface area contributed by atoms with E-state index in [-0.39, 0.29) is 12.0 Å². The van der Waals surface area contributed by atoms with Crippen molar-refractivity contribution in [1.82, 2.24) is 9.61 Å². The van der Waals surface area contributed by atoms with Gasteiger partial charge < -0.3 is 4.74 Å². The van der Waals surface area contributed by atoms with Crippen LogP contribution in [0.5, 0.6) is 0 Å². The molecular formula is C17H17N3O. The molecule has 4 heteroatoms. The number of ether oxygens (including phenoxy) is 1. The molecule has 3 heterocycles. The number of allylic oxidation sites excluding steroid dienone is 1. The molecule has 0 radical (unpaired) electrons. The van der Waals surface area contributed by atoms with Crippen molar-refractivity contribution >= 4 is 12.2 Å². The molecule has 4 nitrogen and oxygen atoms in total. The van der Waals surface area contributed by atoms with Crippen molar-refractivity contribution in [1.29, 1.82) is 0 Å². The molecule has 21 heavy (non-hydrogen) atoms. The molecule has 2 atom stereocenters. The second-order valence-electron chi connectivity index (χ2n) is 5.64. The first-order chi connectivity index (χ1) is 10.3. The van der Waals surface area contributed by atoms with E-state index in [1.54, 1.807) is 0 Å². The van der Waals surface area contributed by atoms with Gasteiger partial charge in [0.15, 0.2) is 0 Å². The summed E-state index contributed by atoms with van der Waals surface area (Å²) >= 11 is 0. The van der Waals surface area contributed by atoms with Crippen LogP contribution in [0, 0.1) is 0 Å². The Labute approximate surface area is 123 Å². The highest BCUT2D eigenvalue weighted by atomic mass is 16.5. The summed E-state index contributed by atoms with van der Waals surface area (Å²) in [6, 6.07) is 6.28. The zero-order valence-corrected chi connectivity index (χ0v) is 12.0. The van der Waals surface area contributed by atoms with Crippen LogP contribution in [0.2, 0.25) is 0 Å². The lowest BCUT2D eigenvalue weighted by Gasteiger charge is -2.29. The van der Waals surface area contributed by atoms with E-state index in [0.717, 1.165) is 24.3 Å². The summed E-state index contributed by atoms with van der Waals surface area (Å²) in [4.78, 5) is 4.37. The van der Waals surface area contributed by atoms with E-state index in [2.05, 4.69) is 41.9 Å². The van der Waals surface area contributed by atoms with Gasteiger partial charge in [-0.2, -0.15) is 5.10 Å². The number of aliphatic imine (C=N–C) groups is 1. The Morgan fingerprint density at radius 1 is 1.43 bits per heavy atom. The zero-order chi connectivity index (χ0) is 14.4. The van der Waals surface area contributed by atoms with Gasteiger partial charge in [0.1, 0.15) is 11.8 Å². The molecule has 0 fully saturated rings. The third kappa shape index (κ3) is 1.82. The number of pyridine rings is 1. The van der Waals surface area contributed by atoms with E-state index in [4.69, 9.17) is 4.74 Å². The van der Waals surface area contributed by atoms with Gasteiger partial charge >= 0.3 is 0 Å². The molecule has 2 aromatic rings. The van der Waals surface area contributed by atoms with Crippen molar-refractivity contribution in [2.75, 3.05) is 6.61 Å². The highest BCUT2D eigenvalue weighted by Crippen LogP contribution is 2.42. The van der Waals surface area contributed by atoms with E-state index in [1.807, 2.05) is 23.0 Å². The van der Waals surface area contributed by atoms with Gasteiger partial charge in [-0.1, -0.05) is 11.6 Å². The Morgan fingerprint density at radius 3 is 3.19 bits per heavy atom. The molecule has 0 bridgehead atoms. The lowest BCUT2D eigenvalue weighted by molar-refractivity contribution is 0.220. The van der Waals surface area contributed by atoms with Crippen molar-refractivity contribution in [3.8, 4) is 0 Å². The number of hydrogen-bond donors (Lipinski definition) is 0. The molecule has 0 spiro atoms. The predicted octanol–water partition coefficient (Wildman–Crippen LogP) is 3.12. The molecule has 2 unspecified atom stereocenters. The molecule has 0 saturated heterocycles. The molecule has 0 saturated carbocycles. The fraction of sp³-hybridized carbons (Fsp3) is 0.294. The van der Waals surface area contributed by atoms with Gasteiger partial charge in [-0.25, -0.2) is 4.52 Å². The number of nitrogens with zero attached hydrogens (tertiary/aromatic N) is 3. The fourth-order valence-corrected chi connectivity index (χ4v) is 3.44. The Kier molecular flexibility index (Phi) is 2.70. The molecular weight excluding hydrogens is 262 g/mol. The predicted molar refractivity (Wildman–Crippen MR) is 82.6 cm³/mol. The summed E-state index contributed by atoms with van der Waals surface area (Å²) in [5, 5.41) is 4.25. The fourth-order valence-electron chi connectivity index (χ4n) is 3.44. The standard InChI is InChI=1S/C17H17N3O/c1-11-9-13-5-8-21-17(13)16(18-2)15(11)12-4-7-20-14(10-12)3-6-19-20/h3-4,6-7,9-10,15-16H,2,5,8H2,1H3. The van der Waals surface area contributed by atoms with Gasteiger partial charge in [-0.3, -0.25) is 4.99 Å². The molecule has 1 aliphatic carbocycles. The largest absolute Gasteiger partial charge is 0.495 e. The van der Waals surface area contributed by atoms with Gasteiger partial charge in [0.05, 0.1) is 12.1 Å². The van der Waals surface area contributed by atoms with Crippen LogP contribution in [0.1, 0.15) is 24.8 Å². The van der Waals surface area contributed by atoms with Gasteiger partial charge in [-0.05, 0) is 43.0 Å². The maximum Gasteiger partial charge on any atom is 0.125 e. The van der Waals surface area contributed by atoms with Crippen molar-refractivity contribution in [2.24, 2.45) is 4.99 Å². The number of fused-ring (bicyclic) bond motifs is 1. The first kappa shape index (κ1) is 12.4. The summed E-state index contributed by atoms with van der Waals surface area (Å²) in [6.07, 6.45) is 7.05. The lowest BCUT2D eigenvalue weighted by Crippen LogP contribution is -2.24. The minimum absolute atomic E-state index is 0.0159. The number of hydrogen-bond acceptors (Lipinski definition) is 3. The van der Waals surface area contributed by atoms with Crippen LogP contribution >= 0.6 is 0 Å². The molecule has 0 amide bonds. The van der Waals surface area contributed by atoms with Gasteiger partial charge in [0.25, 0.3) is 0 Å². The molecule has 4 rings (SSSR count). The topological polar surface area (TPSA) is 38.9 Å². The molecule has 2 aliphatic rings. The van der Waals surface area contributed by atoms with Gasteiger partial charge in [-0.15, -0.1) is 0 Å². The smallest absolute Gasteiger partial charge is 0.125 e. The molecule has 0 N–H and O–H groups in total. The summed E-state index contributed by atoms with van der Waals surface area (Å²) in [7, 11) is 0. The third-order valence-corrected chi connectivity index (χ3v) is 4.40. The molecule has 1 aliphatic heterocycles. The average Bonchev–Trinajstić information content (AvgIpc) is 3.12. The third-order valence-electron chi connectivity index (χ3n) is 4.40. The Balaban J connectivity index is 1.82. The van der Waals surface area contributed by atoms with Crippen molar-refractivity contribution in [2.45, 2.75) is 25.3 Å². The summed E-state index contributed by atoms with van der Waals surface area (Å²) in [5.41, 5.74) is 4.93. The van der Waals surface area contributed by atoms with Crippen LogP contribution in [0.4, 0.5) is 0 Å². The van der Waals surface area contributed by atoms with Crippen molar-refractivity contribution < 1.29 is 4.74 Å². The van der Waals surface area contributed by atoms with Crippen LogP contribution in [0.15, 0.2) is 58.6 Å². The normalized spacial score (nSPS) is 24.7. The van der Waals surface area contributed by atoms with E-state index in [9.17, 15) is 0 Å². The first-order valence-corrected chi connectivity index (χ1v) is 7.21. The summed E-state index contributed by atoms with van der Waals surface area (Å²) in [6.45, 7) is 6.73. The molecule has 106 valence electrons. The van der Waals surface area contributed by atoms with Crippen LogP contribution < -0.4 is 0 Å². The van der Waals surface area contributed by atoms with Crippen molar-refractivity contribution in [3.05, 3.63) is 59.1 Å². The second kappa shape index (κ2) is 4.58. The zero-order valence-electron chi connectivity index (χ0n) is 12.0. The highest BCUT2D eigenvalue weighted by Gasteiger charge is 2.35. The van der Waals surface area contributed by atoms with E-state index >= 15 is 0 Å². The Morgan fingerprint density at radius 2 is 2.33 bits per heavy atom.